The van der Waals surface area contributed by atoms with Crippen LogP contribution in [0.15, 0.2) is 48.8 Å². The molecule has 2 radical (unpaired) electrons. The maximum absolute atomic E-state index is 4.19. The Kier molecular flexibility index (Phi) is 7.88. The molecule has 0 saturated carbocycles. The summed E-state index contributed by atoms with van der Waals surface area (Å²) in [5.74, 6) is 0. The van der Waals surface area contributed by atoms with E-state index in [1.54, 1.807) is 12.4 Å². The van der Waals surface area contributed by atoms with Crippen LogP contribution in [-0.2, 0) is 0 Å². The zero-order chi connectivity index (χ0) is 10.9. The van der Waals surface area contributed by atoms with Gasteiger partial charge in [0.25, 0.3) is 0 Å². The van der Waals surface area contributed by atoms with Gasteiger partial charge >= 0.3 is 50.5 Å². The Morgan fingerprint density at radius 3 is 1.47 bits per heavy atom. The van der Waals surface area contributed by atoms with E-state index in [9.17, 15) is 0 Å². The van der Waals surface area contributed by atoms with E-state index >= 15 is 0 Å². The van der Waals surface area contributed by atoms with E-state index in [4.69, 9.17) is 0 Å². The Hall–Kier alpha value is 0.559. The van der Waals surface area contributed by atoms with Crippen molar-refractivity contribution in [2.24, 2.45) is 0 Å². The first-order valence-electron chi connectivity index (χ1n) is 4.17. The van der Waals surface area contributed by atoms with Gasteiger partial charge in [0.05, 0.1) is 11.4 Å². The van der Waals surface area contributed by atoms with Gasteiger partial charge in [-0.05, 0) is 24.3 Å². The fraction of sp³-hybridized carbons (Fsp3) is 0. The second-order valence-electron chi connectivity index (χ2n) is 2.50. The number of pyridine rings is 2. The van der Waals surface area contributed by atoms with E-state index in [0.717, 1.165) is 11.4 Å². The third kappa shape index (κ3) is 5.43. The van der Waals surface area contributed by atoms with E-state index in [2.05, 4.69) is 47.2 Å². The summed E-state index contributed by atoms with van der Waals surface area (Å²) in [7, 11) is 0. The molecule has 15 heavy (non-hydrogen) atoms. The topological polar surface area (TPSA) is 25.8 Å². The molecule has 76 valence electrons. The van der Waals surface area contributed by atoms with Crippen LogP contribution in [0, 0.1) is 0 Å². The standard InChI is InChI=1S/C10H8N2.2HI.Sn/c1-3-7-11-9(5-1)10-6-2-4-8-12-10;;;/h1-8H;2*1H;/q;;;+2/p-2. The van der Waals surface area contributed by atoms with E-state index in [0.29, 0.717) is 0 Å². The van der Waals surface area contributed by atoms with Gasteiger partial charge < -0.3 is 0 Å². The van der Waals surface area contributed by atoms with Gasteiger partial charge in [0.2, 0.25) is 0 Å². The molecule has 2 nitrogen and oxygen atoms in total. The largest absolute Gasteiger partial charge is 0.255 e. The van der Waals surface area contributed by atoms with Gasteiger partial charge in [-0.2, -0.15) is 0 Å². The van der Waals surface area contributed by atoms with Crippen molar-refractivity contribution in [3.8, 4) is 11.4 Å². The van der Waals surface area contributed by atoms with Gasteiger partial charge in [0.1, 0.15) is 0 Å². The first-order chi connectivity index (χ1) is 7.38. The van der Waals surface area contributed by atoms with Crippen LogP contribution in [0.5, 0.6) is 0 Å². The first kappa shape index (κ1) is 13.6. The van der Waals surface area contributed by atoms with Crippen molar-refractivity contribution in [3.05, 3.63) is 48.8 Å². The smallest absolute Gasteiger partial charge is 0.0886 e. The molecule has 0 N–H and O–H groups in total. The third-order valence-electron chi connectivity index (χ3n) is 1.59. The minimum Gasteiger partial charge on any atom is -0.255 e. The van der Waals surface area contributed by atoms with Crippen LogP contribution in [0.3, 0.4) is 0 Å². The van der Waals surface area contributed by atoms with E-state index in [1.165, 1.54) is 0 Å². The van der Waals surface area contributed by atoms with Gasteiger partial charge in [0, 0.05) is 12.4 Å². The number of aromatic nitrogens is 2. The van der Waals surface area contributed by atoms with Crippen molar-refractivity contribution >= 4 is 50.5 Å². The molecule has 0 bridgehead atoms. The average Bonchev–Trinajstić information content (AvgIpc) is 2.32. The Bertz CT molecular complexity index is 332. The molecule has 0 fully saturated rings. The molecule has 0 saturated heterocycles. The van der Waals surface area contributed by atoms with E-state index in [-0.39, 0.29) is 13.2 Å². The SMILES string of the molecule is [I][Sn][I].c1ccc(-c2ccccn2)nc1. The fourth-order valence-electron chi connectivity index (χ4n) is 1.03. The summed E-state index contributed by atoms with van der Waals surface area (Å²) in [5, 5.41) is 0. The van der Waals surface area contributed by atoms with E-state index < -0.39 is 0 Å². The van der Waals surface area contributed by atoms with Crippen molar-refractivity contribution in [2.45, 2.75) is 0 Å². The third-order valence-corrected chi connectivity index (χ3v) is 1.59. The summed E-state index contributed by atoms with van der Waals surface area (Å²) < 4.78 is 0. The monoisotopic (exact) mass is 530 g/mol. The molecule has 0 amide bonds. The van der Waals surface area contributed by atoms with E-state index in [1.807, 2.05) is 36.4 Å². The molecule has 0 atom stereocenters. The van der Waals surface area contributed by atoms with Crippen LogP contribution in [0.2, 0.25) is 0 Å². The molecule has 5 heteroatoms. The molecule has 2 rings (SSSR count). The number of hydrogen-bond acceptors (Lipinski definition) is 2. The summed E-state index contributed by atoms with van der Waals surface area (Å²) >= 11 is 5.06. The Balaban J connectivity index is 0.000000337. The fourth-order valence-corrected chi connectivity index (χ4v) is 1.03. The van der Waals surface area contributed by atoms with Gasteiger partial charge in [0.15, 0.2) is 0 Å². The molecule has 2 aromatic rings. The Labute approximate surface area is 119 Å². The zero-order valence-electron chi connectivity index (χ0n) is 7.77. The Morgan fingerprint density at radius 1 is 0.800 bits per heavy atom. The quantitative estimate of drug-likeness (QED) is 0.418. The molecular formula is C10H8I2N2Sn. The predicted octanol–water partition coefficient (Wildman–Crippen LogP) is 3.53. The van der Waals surface area contributed by atoms with Crippen LogP contribution in [-0.4, -0.2) is 23.2 Å². The van der Waals surface area contributed by atoms with Crippen molar-refractivity contribution in [3.63, 3.8) is 0 Å². The number of halogens is 2. The second-order valence-corrected chi connectivity index (χ2v) is 24.0. The van der Waals surface area contributed by atoms with Crippen LogP contribution < -0.4 is 0 Å². The van der Waals surface area contributed by atoms with Crippen LogP contribution in [0.25, 0.3) is 11.4 Å². The normalized spacial score (nSPS) is 8.93. The van der Waals surface area contributed by atoms with Crippen molar-refractivity contribution < 1.29 is 0 Å². The minimum atomic E-state index is 0.170. The zero-order valence-corrected chi connectivity index (χ0v) is 14.9. The number of hydrogen-bond donors (Lipinski definition) is 0. The van der Waals surface area contributed by atoms with Crippen molar-refractivity contribution in [1.82, 2.24) is 9.97 Å². The van der Waals surface area contributed by atoms with Gasteiger partial charge in [-0.15, -0.1) is 0 Å². The van der Waals surface area contributed by atoms with Crippen LogP contribution in [0.1, 0.15) is 0 Å². The summed E-state index contributed by atoms with van der Waals surface area (Å²) in [6.45, 7) is 0. The number of nitrogens with zero attached hydrogens (tertiary/aromatic N) is 2. The first-order valence-corrected chi connectivity index (χ1v) is 20.8. The molecule has 0 aliphatic rings. The average molecular weight is 529 g/mol. The van der Waals surface area contributed by atoms with Gasteiger partial charge in [-0.3, -0.25) is 9.97 Å². The molecule has 2 heterocycles. The summed E-state index contributed by atoms with van der Waals surface area (Å²) in [6, 6.07) is 11.6. The molecular weight excluding hydrogens is 521 g/mol. The number of rotatable bonds is 1. The molecule has 0 aliphatic heterocycles. The van der Waals surface area contributed by atoms with Crippen LogP contribution in [0.4, 0.5) is 0 Å². The summed E-state index contributed by atoms with van der Waals surface area (Å²) in [5.41, 5.74) is 1.83. The summed E-state index contributed by atoms with van der Waals surface area (Å²) in [6.07, 6.45) is 3.54. The Morgan fingerprint density at radius 2 is 1.20 bits per heavy atom. The molecule has 0 unspecified atom stereocenters. The summed E-state index contributed by atoms with van der Waals surface area (Å²) in [4.78, 5) is 8.37. The molecule has 0 aliphatic carbocycles. The maximum Gasteiger partial charge on any atom is 0.0886 e. The van der Waals surface area contributed by atoms with Crippen LogP contribution >= 0.6 is 37.3 Å². The molecule has 0 spiro atoms. The maximum atomic E-state index is 4.19. The predicted molar refractivity (Wildman–Crippen MR) is 81.3 cm³/mol. The molecule has 0 aromatic carbocycles. The van der Waals surface area contributed by atoms with Crippen molar-refractivity contribution in [2.75, 3.05) is 0 Å². The van der Waals surface area contributed by atoms with Crippen molar-refractivity contribution in [1.29, 1.82) is 0 Å². The van der Waals surface area contributed by atoms with Gasteiger partial charge in [-0.25, -0.2) is 0 Å². The molecule has 2 aromatic heterocycles. The minimum absolute atomic E-state index is 0.170. The van der Waals surface area contributed by atoms with Gasteiger partial charge in [-0.1, -0.05) is 12.1 Å². The second kappa shape index (κ2) is 8.68.